The molecule has 0 radical (unpaired) electrons. The van der Waals surface area contributed by atoms with Crippen LogP contribution in [0.15, 0.2) is 102 Å². The van der Waals surface area contributed by atoms with E-state index in [1.54, 1.807) is 99.6 Å². The van der Waals surface area contributed by atoms with E-state index in [0.717, 1.165) is 4.90 Å². The van der Waals surface area contributed by atoms with Crippen molar-refractivity contribution in [1.82, 2.24) is 5.32 Å². The summed E-state index contributed by atoms with van der Waals surface area (Å²) in [6, 6.07) is 26.0. The highest BCUT2D eigenvalue weighted by Gasteiger charge is 2.70. The van der Waals surface area contributed by atoms with Crippen LogP contribution in [0.3, 0.4) is 0 Å². The Morgan fingerprint density at radius 2 is 1.41 bits per heavy atom. The summed E-state index contributed by atoms with van der Waals surface area (Å²) in [7, 11) is 3.02. The van der Waals surface area contributed by atoms with Crippen LogP contribution in [0, 0.1) is 11.2 Å². The molecular formula is C39H39FN2O8S. The van der Waals surface area contributed by atoms with Gasteiger partial charge < -0.3 is 29.2 Å². The Morgan fingerprint density at radius 1 is 0.804 bits per heavy atom. The molecule has 2 amide bonds. The number of hydrogen-bond acceptors (Lipinski definition) is 9. The van der Waals surface area contributed by atoms with E-state index in [0.29, 0.717) is 39.3 Å². The second-order valence-electron chi connectivity index (χ2n) is 13.0. The number of rotatable bonds is 11. The molecule has 1 aliphatic rings. The lowest BCUT2D eigenvalue weighted by Gasteiger charge is -2.42. The number of nitrogens with zero attached hydrogens (tertiary/aromatic N) is 1. The monoisotopic (exact) mass is 714 g/mol. The standard InChI is InChI=1S/C39H39FN2O8S/c1-37(2,3)50-36(46)41-39(30-13-10-14-31(40)32(30)42(33(39)43)23-25-11-8-7-9-12-25)38(4,35(45)51-29-21-19-28(48-6)20-22-29)34(44)49-24-26-15-17-27(47-5)18-16-26/h7-22H,23-24H2,1-6H3,(H,41,46). The Hall–Kier alpha value is -5.36. The molecule has 0 bridgehead atoms. The summed E-state index contributed by atoms with van der Waals surface area (Å²) < 4.78 is 38.0. The number of benzene rings is 4. The molecule has 1 heterocycles. The summed E-state index contributed by atoms with van der Waals surface area (Å²) in [5, 5.41) is 1.77. The van der Waals surface area contributed by atoms with Gasteiger partial charge in [0.1, 0.15) is 29.5 Å². The second kappa shape index (κ2) is 14.9. The van der Waals surface area contributed by atoms with Crippen molar-refractivity contribution in [3.8, 4) is 11.5 Å². The molecule has 1 aliphatic heterocycles. The van der Waals surface area contributed by atoms with Crippen LogP contribution in [0.1, 0.15) is 44.4 Å². The molecule has 0 spiro atoms. The maximum atomic E-state index is 16.0. The van der Waals surface area contributed by atoms with Crippen LogP contribution in [-0.4, -0.2) is 42.9 Å². The van der Waals surface area contributed by atoms with Crippen molar-refractivity contribution in [2.24, 2.45) is 5.41 Å². The molecule has 2 unspecified atom stereocenters. The van der Waals surface area contributed by atoms with E-state index in [2.05, 4.69) is 5.32 Å². The molecule has 4 aromatic rings. The van der Waals surface area contributed by atoms with Crippen LogP contribution in [0.4, 0.5) is 14.9 Å². The third-order valence-corrected chi connectivity index (χ3v) is 9.57. The van der Waals surface area contributed by atoms with E-state index in [9.17, 15) is 14.4 Å². The zero-order valence-corrected chi connectivity index (χ0v) is 30.0. The smallest absolute Gasteiger partial charge is 0.408 e. The lowest BCUT2D eigenvalue weighted by molar-refractivity contribution is -0.167. The topological polar surface area (TPSA) is 120 Å². The van der Waals surface area contributed by atoms with E-state index < -0.39 is 45.5 Å². The number of hydrogen-bond donors (Lipinski definition) is 1. The van der Waals surface area contributed by atoms with Crippen LogP contribution >= 0.6 is 11.8 Å². The molecule has 0 saturated carbocycles. The molecule has 0 fully saturated rings. The van der Waals surface area contributed by atoms with Crippen molar-refractivity contribution < 1.29 is 42.5 Å². The van der Waals surface area contributed by atoms with Crippen molar-refractivity contribution >= 4 is 40.5 Å². The summed E-state index contributed by atoms with van der Waals surface area (Å²) in [6.45, 7) is 5.67. The largest absolute Gasteiger partial charge is 0.497 e. The summed E-state index contributed by atoms with van der Waals surface area (Å²) in [6.07, 6.45) is -1.11. The molecule has 266 valence electrons. The number of nitrogens with one attached hydrogen (secondary N) is 1. The highest BCUT2D eigenvalue weighted by atomic mass is 32.2. The molecule has 0 saturated heterocycles. The first-order chi connectivity index (χ1) is 24.2. The first kappa shape index (κ1) is 36.9. The van der Waals surface area contributed by atoms with E-state index in [1.165, 1.54) is 39.3 Å². The number of para-hydroxylation sites is 1. The van der Waals surface area contributed by atoms with Gasteiger partial charge in [0, 0.05) is 10.5 Å². The number of alkyl carbamates (subject to hydrolysis) is 1. The first-order valence-electron chi connectivity index (χ1n) is 16.1. The number of fused-ring (bicyclic) bond motifs is 1. The van der Waals surface area contributed by atoms with Crippen LogP contribution in [0.5, 0.6) is 11.5 Å². The van der Waals surface area contributed by atoms with Gasteiger partial charge >= 0.3 is 12.1 Å². The third-order valence-electron chi connectivity index (χ3n) is 8.46. The van der Waals surface area contributed by atoms with Crippen molar-refractivity contribution in [2.75, 3.05) is 19.1 Å². The molecule has 51 heavy (non-hydrogen) atoms. The molecule has 10 nitrogen and oxygen atoms in total. The van der Waals surface area contributed by atoms with Gasteiger partial charge in [-0.1, -0.05) is 66.4 Å². The highest BCUT2D eigenvalue weighted by molar-refractivity contribution is 8.13. The van der Waals surface area contributed by atoms with Gasteiger partial charge in [0.15, 0.2) is 11.0 Å². The predicted octanol–water partition coefficient (Wildman–Crippen LogP) is 7.18. The summed E-state index contributed by atoms with van der Waals surface area (Å²) >= 11 is 0.668. The van der Waals surface area contributed by atoms with Crippen molar-refractivity contribution in [3.63, 3.8) is 0 Å². The molecular weight excluding hydrogens is 676 g/mol. The zero-order valence-electron chi connectivity index (χ0n) is 29.2. The van der Waals surface area contributed by atoms with E-state index in [1.807, 2.05) is 0 Å². The molecule has 5 rings (SSSR count). The number of esters is 1. The van der Waals surface area contributed by atoms with Crippen LogP contribution in [0.2, 0.25) is 0 Å². The number of amides is 2. The van der Waals surface area contributed by atoms with Gasteiger partial charge in [-0.25, -0.2) is 9.18 Å². The van der Waals surface area contributed by atoms with Gasteiger partial charge in [-0.15, -0.1) is 0 Å². The number of anilines is 1. The molecule has 2 atom stereocenters. The fraction of sp³-hybridized carbons (Fsp3) is 0.282. The van der Waals surface area contributed by atoms with Gasteiger partial charge in [-0.3, -0.25) is 14.4 Å². The number of thioether (sulfide) groups is 1. The SMILES string of the molecule is COc1ccc(COC(=O)C(C)(C(=O)Sc2ccc(OC)cc2)C2(NC(=O)OC(C)(C)C)C(=O)N(Cc3ccccc3)c3c(F)cccc32)cc1. The van der Waals surface area contributed by atoms with E-state index in [-0.39, 0.29) is 24.4 Å². The fourth-order valence-electron chi connectivity index (χ4n) is 5.87. The molecule has 0 aliphatic carbocycles. The van der Waals surface area contributed by atoms with Gasteiger partial charge in [-0.05, 0) is 81.3 Å². The Bertz CT molecular complexity index is 1910. The fourth-order valence-corrected chi connectivity index (χ4v) is 6.80. The van der Waals surface area contributed by atoms with Crippen molar-refractivity contribution in [3.05, 3.63) is 120 Å². The number of halogens is 1. The van der Waals surface area contributed by atoms with Crippen molar-refractivity contribution in [2.45, 2.75) is 56.9 Å². The minimum atomic E-state index is -2.53. The molecule has 0 aromatic heterocycles. The summed E-state index contributed by atoms with van der Waals surface area (Å²) in [5.74, 6) is -1.75. The van der Waals surface area contributed by atoms with Gasteiger partial charge in [0.05, 0.1) is 26.5 Å². The predicted molar refractivity (Wildman–Crippen MR) is 190 cm³/mol. The third kappa shape index (κ3) is 7.41. The van der Waals surface area contributed by atoms with Crippen molar-refractivity contribution in [1.29, 1.82) is 0 Å². The number of methoxy groups -OCH3 is 2. The normalized spacial score (nSPS) is 16.5. The summed E-state index contributed by atoms with van der Waals surface area (Å²) in [4.78, 5) is 60.1. The number of carbonyl (C=O) groups is 4. The van der Waals surface area contributed by atoms with Gasteiger partial charge in [-0.2, -0.15) is 0 Å². The average molecular weight is 715 g/mol. The van der Waals surface area contributed by atoms with Crippen LogP contribution in [-0.2, 0) is 42.5 Å². The molecule has 12 heteroatoms. The average Bonchev–Trinajstić information content (AvgIpc) is 3.34. The van der Waals surface area contributed by atoms with Crippen LogP contribution in [0.25, 0.3) is 0 Å². The molecule has 1 N–H and O–H groups in total. The second-order valence-corrected chi connectivity index (χ2v) is 14.1. The minimum Gasteiger partial charge on any atom is -0.497 e. The van der Waals surface area contributed by atoms with Gasteiger partial charge in [0.2, 0.25) is 5.12 Å². The Balaban J connectivity index is 1.71. The molecule has 4 aromatic carbocycles. The maximum Gasteiger partial charge on any atom is 0.408 e. The van der Waals surface area contributed by atoms with E-state index in [4.69, 9.17) is 18.9 Å². The Morgan fingerprint density at radius 3 is 2.00 bits per heavy atom. The van der Waals surface area contributed by atoms with Gasteiger partial charge in [0.25, 0.3) is 5.91 Å². The maximum absolute atomic E-state index is 16.0. The minimum absolute atomic E-state index is 0.109. The number of carbonyl (C=O) groups excluding carboxylic acids is 4. The first-order valence-corrected chi connectivity index (χ1v) is 16.9. The highest BCUT2D eigenvalue weighted by Crippen LogP contribution is 2.54. The quantitative estimate of drug-likeness (QED) is 0.0979. The Labute approximate surface area is 300 Å². The number of ether oxygens (including phenoxy) is 4. The lowest BCUT2D eigenvalue weighted by Crippen LogP contribution is -2.67. The lowest BCUT2D eigenvalue weighted by atomic mass is 9.67. The van der Waals surface area contributed by atoms with E-state index >= 15 is 9.18 Å². The van der Waals surface area contributed by atoms with Crippen LogP contribution < -0.4 is 19.7 Å². The Kier molecular flexibility index (Phi) is 10.8. The summed E-state index contributed by atoms with van der Waals surface area (Å²) in [5.41, 5.74) is -5.20. The zero-order chi connectivity index (χ0) is 37.0.